The van der Waals surface area contributed by atoms with E-state index in [1.54, 1.807) is 0 Å². The van der Waals surface area contributed by atoms with Gasteiger partial charge in [0.05, 0.1) is 5.60 Å². The Morgan fingerprint density at radius 3 is 2.00 bits per heavy atom. The second-order valence-electron chi connectivity index (χ2n) is 4.47. The van der Waals surface area contributed by atoms with Crippen LogP contribution in [0, 0.1) is 11.3 Å². The van der Waals surface area contributed by atoms with Gasteiger partial charge in [0.25, 0.3) is 0 Å². The lowest BCUT2D eigenvalue weighted by atomic mass is 9.37. The number of hydrogen-bond acceptors (Lipinski definition) is 2. The number of rotatable bonds is 1. The van der Waals surface area contributed by atoms with Gasteiger partial charge in [-0.25, -0.2) is 0 Å². The molecule has 4 fully saturated rings. The Morgan fingerprint density at radius 1 is 1.18 bits per heavy atom. The molecular weight excluding hydrogens is 162 g/mol. The van der Waals surface area contributed by atoms with Crippen molar-refractivity contribution in [2.45, 2.75) is 24.9 Å². The summed E-state index contributed by atoms with van der Waals surface area (Å²) in [7, 11) is 0. The van der Waals surface area contributed by atoms with Gasteiger partial charge < -0.3 is 10.4 Å². The summed E-state index contributed by atoms with van der Waals surface area (Å²) in [6.45, 7) is 2.41. The van der Waals surface area contributed by atoms with Crippen LogP contribution in [-0.4, -0.2) is 23.8 Å². The molecule has 0 aromatic rings. The molecule has 2 nitrogen and oxygen atoms in total. The van der Waals surface area contributed by atoms with Gasteiger partial charge in [-0.3, -0.25) is 0 Å². The van der Waals surface area contributed by atoms with Crippen LogP contribution in [0.2, 0.25) is 0 Å². The SMILES string of the molecule is Cl.OC12CC(C3CNC3)(C1)C2. The molecule has 0 radical (unpaired) electrons. The first-order chi connectivity index (χ1) is 4.73. The molecule has 2 bridgehead atoms. The van der Waals surface area contributed by atoms with Gasteiger partial charge in [-0.15, -0.1) is 12.4 Å². The van der Waals surface area contributed by atoms with Gasteiger partial charge in [0.1, 0.15) is 0 Å². The molecule has 4 rings (SSSR count). The topological polar surface area (TPSA) is 32.3 Å². The van der Waals surface area contributed by atoms with E-state index in [4.69, 9.17) is 0 Å². The minimum atomic E-state index is -0.185. The van der Waals surface area contributed by atoms with E-state index in [0.29, 0.717) is 5.41 Å². The highest BCUT2D eigenvalue weighted by atomic mass is 35.5. The van der Waals surface area contributed by atoms with E-state index in [0.717, 1.165) is 25.2 Å². The van der Waals surface area contributed by atoms with Gasteiger partial charge in [-0.05, 0) is 43.7 Å². The molecule has 0 spiro atoms. The zero-order valence-corrected chi connectivity index (χ0v) is 7.28. The minimum absolute atomic E-state index is 0. The smallest absolute Gasteiger partial charge is 0.0664 e. The van der Waals surface area contributed by atoms with E-state index in [2.05, 4.69) is 5.32 Å². The normalized spacial score (nSPS) is 53.2. The van der Waals surface area contributed by atoms with Gasteiger partial charge in [-0.1, -0.05) is 0 Å². The summed E-state index contributed by atoms with van der Waals surface area (Å²) in [5.41, 5.74) is 0.426. The van der Waals surface area contributed by atoms with Crippen LogP contribution in [0.25, 0.3) is 0 Å². The summed E-state index contributed by atoms with van der Waals surface area (Å²) in [6, 6.07) is 0. The fourth-order valence-electron chi connectivity index (χ4n) is 2.97. The average Bonchev–Trinajstić information content (AvgIpc) is 1.53. The van der Waals surface area contributed by atoms with Crippen molar-refractivity contribution in [3.8, 4) is 0 Å². The van der Waals surface area contributed by atoms with Crippen LogP contribution in [0.3, 0.4) is 0 Å². The van der Waals surface area contributed by atoms with Crippen LogP contribution >= 0.6 is 12.4 Å². The van der Waals surface area contributed by atoms with Gasteiger partial charge in [0.15, 0.2) is 0 Å². The molecule has 0 aromatic heterocycles. The van der Waals surface area contributed by atoms with Crippen LogP contribution in [0.4, 0.5) is 0 Å². The predicted octanol–water partition coefficient (Wildman–Crippen LogP) is 0.543. The van der Waals surface area contributed by atoms with Crippen LogP contribution in [0.5, 0.6) is 0 Å². The highest BCUT2D eigenvalue weighted by Crippen LogP contribution is 2.71. The second kappa shape index (κ2) is 1.93. The molecule has 3 aliphatic carbocycles. The molecule has 3 heteroatoms. The summed E-state index contributed by atoms with van der Waals surface area (Å²) in [5.74, 6) is 0.904. The summed E-state index contributed by atoms with van der Waals surface area (Å²) in [6.07, 6.45) is 3.31. The van der Waals surface area contributed by atoms with Crippen LogP contribution in [-0.2, 0) is 0 Å². The molecule has 4 aliphatic rings. The van der Waals surface area contributed by atoms with Crippen LogP contribution in [0.1, 0.15) is 19.3 Å². The van der Waals surface area contributed by atoms with Gasteiger partial charge in [-0.2, -0.15) is 0 Å². The van der Waals surface area contributed by atoms with E-state index < -0.39 is 0 Å². The van der Waals surface area contributed by atoms with Crippen molar-refractivity contribution < 1.29 is 5.11 Å². The quantitative estimate of drug-likeness (QED) is 0.610. The molecule has 0 amide bonds. The summed E-state index contributed by atoms with van der Waals surface area (Å²) >= 11 is 0. The maximum Gasteiger partial charge on any atom is 0.0664 e. The van der Waals surface area contributed by atoms with Gasteiger partial charge >= 0.3 is 0 Å². The third kappa shape index (κ3) is 0.754. The van der Waals surface area contributed by atoms with Crippen molar-refractivity contribution in [2.75, 3.05) is 13.1 Å². The molecule has 1 heterocycles. The Labute approximate surface area is 72.8 Å². The van der Waals surface area contributed by atoms with E-state index in [9.17, 15) is 5.11 Å². The summed E-state index contributed by atoms with van der Waals surface area (Å²) < 4.78 is 0. The highest BCUT2D eigenvalue weighted by Gasteiger charge is 2.70. The molecular formula is C8H14ClNO. The zero-order chi connectivity index (χ0) is 6.82. The lowest BCUT2D eigenvalue weighted by Crippen LogP contribution is -2.73. The van der Waals surface area contributed by atoms with Gasteiger partial charge in [0, 0.05) is 0 Å². The Balaban J connectivity index is 0.000000480. The van der Waals surface area contributed by atoms with Crippen molar-refractivity contribution in [3.05, 3.63) is 0 Å². The summed E-state index contributed by atoms with van der Waals surface area (Å²) in [4.78, 5) is 0. The predicted molar refractivity (Wildman–Crippen MR) is 44.8 cm³/mol. The van der Waals surface area contributed by atoms with E-state index in [1.165, 1.54) is 13.1 Å². The molecule has 2 N–H and O–H groups in total. The Hall–Kier alpha value is 0.210. The number of aliphatic hydroxyl groups is 1. The van der Waals surface area contributed by atoms with Crippen molar-refractivity contribution in [2.24, 2.45) is 11.3 Å². The highest BCUT2D eigenvalue weighted by molar-refractivity contribution is 5.85. The van der Waals surface area contributed by atoms with Crippen molar-refractivity contribution in [1.29, 1.82) is 0 Å². The molecule has 0 unspecified atom stereocenters. The maximum absolute atomic E-state index is 9.49. The largest absolute Gasteiger partial charge is 0.390 e. The monoisotopic (exact) mass is 175 g/mol. The molecule has 0 atom stereocenters. The Morgan fingerprint density at radius 2 is 1.73 bits per heavy atom. The number of halogens is 1. The second-order valence-corrected chi connectivity index (χ2v) is 4.47. The minimum Gasteiger partial charge on any atom is -0.390 e. The standard InChI is InChI=1S/C8H13NO.ClH/c10-8-3-7(4-8,5-8)6-1-9-2-6;/h6,9-10H,1-5H2;1H. The Bertz CT molecular complexity index is 171. The van der Waals surface area contributed by atoms with Crippen LogP contribution < -0.4 is 5.32 Å². The first-order valence-corrected chi connectivity index (χ1v) is 4.16. The van der Waals surface area contributed by atoms with Crippen molar-refractivity contribution in [3.63, 3.8) is 0 Å². The lowest BCUT2D eigenvalue weighted by Gasteiger charge is -2.72. The fourth-order valence-corrected chi connectivity index (χ4v) is 2.97. The molecule has 1 saturated heterocycles. The zero-order valence-electron chi connectivity index (χ0n) is 6.47. The maximum atomic E-state index is 9.49. The Kier molecular flexibility index (Phi) is 1.37. The van der Waals surface area contributed by atoms with Crippen LogP contribution in [0.15, 0.2) is 0 Å². The first-order valence-electron chi connectivity index (χ1n) is 4.16. The third-order valence-electron chi connectivity index (χ3n) is 3.69. The molecule has 1 aliphatic heterocycles. The van der Waals surface area contributed by atoms with Crippen molar-refractivity contribution >= 4 is 12.4 Å². The first kappa shape index (κ1) is 7.84. The van der Waals surface area contributed by atoms with E-state index in [-0.39, 0.29) is 18.0 Å². The molecule has 11 heavy (non-hydrogen) atoms. The number of hydrogen-bond donors (Lipinski definition) is 2. The lowest BCUT2D eigenvalue weighted by molar-refractivity contribution is -0.288. The molecule has 3 saturated carbocycles. The summed E-state index contributed by atoms with van der Waals surface area (Å²) in [5, 5.41) is 12.8. The van der Waals surface area contributed by atoms with Gasteiger partial charge in [0.2, 0.25) is 0 Å². The van der Waals surface area contributed by atoms with E-state index >= 15 is 0 Å². The van der Waals surface area contributed by atoms with Crippen molar-refractivity contribution in [1.82, 2.24) is 5.32 Å². The third-order valence-corrected chi connectivity index (χ3v) is 3.69. The number of nitrogens with one attached hydrogen (secondary N) is 1. The molecule has 0 aromatic carbocycles. The average molecular weight is 176 g/mol. The fraction of sp³-hybridized carbons (Fsp3) is 1.00. The van der Waals surface area contributed by atoms with E-state index in [1.807, 2.05) is 0 Å². The molecule has 64 valence electrons.